The van der Waals surface area contributed by atoms with Gasteiger partial charge in [0, 0.05) is 12.6 Å². The van der Waals surface area contributed by atoms with Crippen molar-refractivity contribution in [2.75, 3.05) is 17.2 Å². The zero-order chi connectivity index (χ0) is 14.4. The second-order valence-electron chi connectivity index (χ2n) is 4.93. The number of nitrogens with zero attached hydrogens (tertiary/aromatic N) is 2. The van der Waals surface area contributed by atoms with Crippen molar-refractivity contribution in [2.45, 2.75) is 46.1 Å². The maximum Gasteiger partial charge on any atom is 0.337 e. The summed E-state index contributed by atoms with van der Waals surface area (Å²) >= 11 is 0. The van der Waals surface area contributed by atoms with Crippen LogP contribution in [-0.2, 0) is 0 Å². The summed E-state index contributed by atoms with van der Waals surface area (Å²) in [6.07, 6.45) is 4.81. The standard InChI is InChI=1S/C14H23N3O2/c1-4-5-6-7-17(10(2)3)13-8-11(14(18)19)12(15)9-16-13/h8-10H,4-7,15H2,1-3H3,(H,18,19). The van der Waals surface area contributed by atoms with Crippen LogP contribution in [0.15, 0.2) is 12.3 Å². The first-order valence-corrected chi connectivity index (χ1v) is 6.72. The van der Waals surface area contributed by atoms with Crippen molar-refractivity contribution in [1.82, 2.24) is 4.98 Å². The van der Waals surface area contributed by atoms with Crippen LogP contribution in [0.1, 0.15) is 50.4 Å². The Hall–Kier alpha value is -1.78. The second-order valence-corrected chi connectivity index (χ2v) is 4.93. The van der Waals surface area contributed by atoms with Gasteiger partial charge < -0.3 is 15.7 Å². The van der Waals surface area contributed by atoms with Gasteiger partial charge in [0.05, 0.1) is 17.4 Å². The van der Waals surface area contributed by atoms with Gasteiger partial charge in [0.15, 0.2) is 0 Å². The molecule has 0 aliphatic carbocycles. The van der Waals surface area contributed by atoms with Gasteiger partial charge in [-0.2, -0.15) is 0 Å². The molecule has 3 N–H and O–H groups in total. The Morgan fingerprint density at radius 1 is 1.47 bits per heavy atom. The molecule has 106 valence electrons. The molecule has 0 bridgehead atoms. The van der Waals surface area contributed by atoms with E-state index >= 15 is 0 Å². The third-order valence-electron chi connectivity index (χ3n) is 3.07. The number of unbranched alkanes of at least 4 members (excludes halogenated alkanes) is 2. The molecule has 0 saturated heterocycles. The molecule has 0 spiro atoms. The molecule has 0 aliphatic heterocycles. The molecule has 5 nitrogen and oxygen atoms in total. The van der Waals surface area contributed by atoms with E-state index in [1.54, 1.807) is 6.07 Å². The van der Waals surface area contributed by atoms with E-state index in [9.17, 15) is 4.79 Å². The summed E-state index contributed by atoms with van der Waals surface area (Å²) in [5.74, 6) is -0.337. The van der Waals surface area contributed by atoms with Gasteiger partial charge in [-0.3, -0.25) is 0 Å². The van der Waals surface area contributed by atoms with E-state index in [4.69, 9.17) is 10.8 Å². The molecule has 0 aliphatic rings. The number of pyridine rings is 1. The van der Waals surface area contributed by atoms with Crippen LogP contribution >= 0.6 is 0 Å². The summed E-state index contributed by atoms with van der Waals surface area (Å²) in [6, 6.07) is 1.83. The lowest BCUT2D eigenvalue weighted by Crippen LogP contribution is -2.32. The fourth-order valence-corrected chi connectivity index (χ4v) is 1.97. The first-order chi connectivity index (χ1) is 8.97. The predicted molar refractivity (Wildman–Crippen MR) is 77.6 cm³/mol. The van der Waals surface area contributed by atoms with Gasteiger partial charge in [-0.25, -0.2) is 9.78 Å². The summed E-state index contributed by atoms with van der Waals surface area (Å²) in [4.78, 5) is 17.5. The quantitative estimate of drug-likeness (QED) is 0.741. The van der Waals surface area contributed by atoms with Gasteiger partial charge in [-0.1, -0.05) is 19.8 Å². The smallest absolute Gasteiger partial charge is 0.337 e. The van der Waals surface area contributed by atoms with E-state index in [1.807, 2.05) is 0 Å². The maximum absolute atomic E-state index is 11.1. The molecule has 0 atom stereocenters. The van der Waals surface area contributed by atoms with Crippen molar-refractivity contribution < 1.29 is 9.90 Å². The SMILES string of the molecule is CCCCCN(c1cc(C(=O)O)c(N)cn1)C(C)C. The first-order valence-electron chi connectivity index (χ1n) is 6.72. The summed E-state index contributed by atoms with van der Waals surface area (Å²) in [5.41, 5.74) is 5.95. The van der Waals surface area contributed by atoms with Crippen LogP contribution in [0.4, 0.5) is 11.5 Å². The first kappa shape index (κ1) is 15.3. The Labute approximate surface area is 114 Å². The fraction of sp³-hybridized carbons (Fsp3) is 0.571. The number of aromatic carboxylic acids is 1. The van der Waals surface area contributed by atoms with Crippen molar-refractivity contribution >= 4 is 17.5 Å². The van der Waals surface area contributed by atoms with Crippen LogP contribution in [0, 0.1) is 0 Å². The maximum atomic E-state index is 11.1. The Bertz CT molecular complexity index is 433. The summed E-state index contributed by atoms with van der Waals surface area (Å²) in [6.45, 7) is 7.18. The average Bonchev–Trinajstić information content (AvgIpc) is 2.35. The highest BCUT2D eigenvalue weighted by atomic mass is 16.4. The molecule has 1 aromatic rings. The Kier molecular flexibility index (Phi) is 5.60. The number of nitrogen functional groups attached to an aromatic ring is 1. The van der Waals surface area contributed by atoms with Crippen LogP contribution in [0.2, 0.25) is 0 Å². The lowest BCUT2D eigenvalue weighted by molar-refractivity contribution is 0.0698. The van der Waals surface area contributed by atoms with Gasteiger partial charge in [0.25, 0.3) is 0 Å². The Morgan fingerprint density at radius 2 is 2.16 bits per heavy atom. The number of rotatable bonds is 7. The van der Waals surface area contributed by atoms with Crippen molar-refractivity contribution in [1.29, 1.82) is 0 Å². The second kappa shape index (κ2) is 6.97. The zero-order valence-electron chi connectivity index (χ0n) is 11.9. The minimum atomic E-state index is -1.02. The minimum absolute atomic E-state index is 0.117. The molecule has 0 aromatic carbocycles. The number of carbonyl (C=O) groups is 1. The molecule has 1 heterocycles. The van der Waals surface area contributed by atoms with Crippen LogP contribution in [0.25, 0.3) is 0 Å². The number of carboxylic acid groups (broad SMARTS) is 1. The van der Waals surface area contributed by atoms with Gasteiger partial charge in [0.2, 0.25) is 0 Å². The Morgan fingerprint density at radius 3 is 2.68 bits per heavy atom. The third kappa shape index (κ3) is 4.12. The molecule has 0 fully saturated rings. The highest BCUT2D eigenvalue weighted by molar-refractivity contribution is 5.94. The predicted octanol–water partition coefficient (Wildman–Crippen LogP) is 2.77. The van der Waals surface area contributed by atoms with E-state index in [0.29, 0.717) is 5.82 Å². The molecule has 19 heavy (non-hydrogen) atoms. The van der Waals surface area contributed by atoms with Crippen molar-refractivity contribution in [3.05, 3.63) is 17.8 Å². The zero-order valence-corrected chi connectivity index (χ0v) is 11.9. The van der Waals surface area contributed by atoms with Crippen LogP contribution in [-0.4, -0.2) is 28.6 Å². The van der Waals surface area contributed by atoms with Crippen molar-refractivity contribution in [2.24, 2.45) is 0 Å². The molecule has 5 heteroatoms. The van der Waals surface area contributed by atoms with Crippen molar-refractivity contribution in [3.8, 4) is 0 Å². The van der Waals surface area contributed by atoms with E-state index in [0.717, 1.165) is 25.8 Å². The fourth-order valence-electron chi connectivity index (χ4n) is 1.97. The molecule has 0 radical (unpaired) electrons. The molecule has 0 unspecified atom stereocenters. The number of hydrogen-bond acceptors (Lipinski definition) is 4. The number of hydrogen-bond donors (Lipinski definition) is 2. The van der Waals surface area contributed by atoms with Gasteiger partial charge in [-0.05, 0) is 26.3 Å². The van der Waals surface area contributed by atoms with Gasteiger partial charge >= 0.3 is 5.97 Å². The van der Waals surface area contributed by atoms with Gasteiger partial charge in [-0.15, -0.1) is 0 Å². The van der Waals surface area contributed by atoms with E-state index in [1.165, 1.54) is 6.20 Å². The lowest BCUT2D eigenvalue weighted by Gasteiger charge is -2.28. The van der Waals surface area contributed by atoms with Crippen molar-refractivity contribution in [3.63, 3.8) is 0 Å². The molecule has 0 saturated carbocycles. The van der Waals surface area contributed by atoms with E-state index in [2.05, 4.69) is 30.7 Å². The largest absolute Gasteiger partial charge is 0.478 e. The van der Waals surface area contributed by atoms with E-state index < -0.39 is 5.97 Å². The molecule has 1 aromatic heterocycles. The number of anilines is 2. The van der Waals surface area contributed by atoms with Crippen LogP contribution in [0.5, 0.6) is 0 Å². The summed E-state index contributed by atoms with van der Waals surface area (Å²) in [7, 11) is 0. The average molecular weight is 265 g/mol. The minimum Gasteiger partial charge on any atom is -0.478 e. The highest BCUT2D eigenvalue weighted by Crippen LogP contribution is 2.20. The normalized spacial score (nSPS) is 10.7. The molecule has 0 amide bonds. The number of carboxylic acids is 1. The summed E-state index contributed by atoms with van der Waals surface area (Å²) < 4.78 is 0. The monoisotopic (exact) mass is 265 g/mol. The highest BCUT2D eigenvalue weighted by Gasteiger charge is 2.16. The molecular weight excluding hydrogens is 242 g/mol. The topological polar surface area (TPSA) is 79.5 Å². The molecular formula is C14H23N3O2. The lowest BCUT2D eigenvalue weighted by atomic mass is 10.2. The van der Waals surface area contributed by atoms with E-state index in [-0.39, 0.29) is 17.3 Å². The Balaban J connectivity index is 2.96. The number of nitrogens with two attached hydrogens (primary N) is 1. The molecule has 1 rings (SSSR count). The van der Waals surface area contributed by atoms with Gasteiger partial charge in [0.1, 0.15) is 5.82 Å². The number of aromatic nitrogens is 1. The third-order valence-corrected chi connectivity index (χ3v) is 3.07. The summed E-state index contributed by atoms with van der Waals surface area (Å²) in [5, 5.41) is 9.10. The van der Waals surface area contributed by atoms with Crippen LogP contribution < -0.4 is 10.6 Å². The van der Waals surface area contributed by atoms with Crippen LogP contribution in [0.3, 0.4) is 0 Å².